The van der Waals surface area contributed by atoms with E-state index in [9.17, 15) is 9.59 Å². The molecule has 0 radical (unpaired) electrons. The van der Waals surface area contributed by atoms with Crippen LogP contribution in [0, 0.1) is 0 Å². The highest BCUT2D eigenvalue weighted by atomic mass is 32.1. The zero-order valence-electron chi connectivity index (χ0n) is 9.10. The molecule has 5 heteroatoms. The van der Waals surface area contributed by atoms with Crippen LogP contribution in [0.4, 0.5) is 0 Å². The first-order valence-electron chi connectivity index (χ1n) is 4.73. The van der Waals surface area contributed by atoms with Gasteiger partial charge in [0.2, 0.25) is 5.91 Å². The summed E-state index contributed by atoms with van der Waals surface area (Å²) >= 11 is 1.54. The van der Waals surface area contributed by atoms with Crippen molar-refractivity contribution in [2.45, 2.75) is 13.0 Å². The molecule has 0 aliphatic heterocycles. The van der Waals surface area contributed by atoms with Crippen LogP contribution in [0.2, 0.25) is 0 Å². The lowest BCUT2D eigenvalue weighted by atomic mass is 10.3. The van der Waals surface area contributed by atoms with Gasteiger partial charge in [-0.2, -0.15) is 0 Å². The Morgan fingerprint density at radius 1 is 1.56 bits per heavy atom. The SMILES string of the molecule is COC(=O)C(C)NC(=O)C=Cc1cccs1. The van der Waals surface area contributed by atoms with E-state index in [0.717, 1.165) is 4.88 Å². The lowest BCUT2D eigenvalue weighted by Gasteiger charge is -2.08. The Hall–Kier alpha value is -1.62. The zero-order valence-corrected chi connectivity index (χ0v) is 9.91. The van der Waals surface area contributed by atoms with E-state index in [0.29, 0.717) is 0 Å². The molecule has 1 unspecified atom stereocenters. The molecule has 16 heavy (non-hydrogen) atoms. The maximum absolute atomic E-state index is 11.4. The second-order valence-corrected chi connectivity index (χ2v) is 4.08. The van der Waals surface area contributed by atoms with Crippen molar-refractivity contribution in [2.75, 3.05) is 7.11 Å². The molecule has 1 rings (SSSR count). The summed E-state index contributed by atoms with van der Waals surface area (Å²) in [6.07, 6.45) is 3.09. The van der Waals surface area contributed by atoms with Crippen LogP contribution in [0.1, 0.15) is 11.8 Å². The predicted octanol–water partition coefficient (Wildman–Crippen LogP) is 1.44. The molecule has 0 aliphatic carbocycles. The number of rotatable bonds is 4. The number of hydrogen-bond acceptors (Lipinski definition) is 4. The molecule has 1 aromatic rings. The molecule has 1 atom stereocenters. The molecule has 86 valence electrons. The third-order valence-electron chi connectivity index (χ3n) is 1.86. The molecule has 4 nitrogen and oxygen atoms in total. The van der Waals surface area contributed by atoms with Crippen molar-refractivity contribution in [1.82, 2.24) is 5.32 Å². The highest BCUT2D eigenvalue weighted by molar-refractivity contribution is 7.10. The largest absolute Gasteiger partial charge is 0.467 e. The van der Waals surface area contributed by atoms with E-state index in [1.54, 1.807) is 13.0 Å². The van der Waals surface area contributed by atoms with Gasteiger partial charge in [0.05, 0.1) is 7.11 Å². The van der Waals surface area contributed by atoms with Crippen molar-refractivity contribution in [3.8, 4) is 0 Å². The number of methoxy groups -OCH3 is 1. The van der Waals surface area contributed by atoms with Crippen molar-refractivity contribution < 1.29 is 14.3 Å². The van der Waals surface area contributed by atoms with Crippen molar-refractivity contribution in [3.05, 3.63) is 28.5 Å². The van der Waals surface area contributed by atoms with Crippen LogP contribution in [0.5, 0.6) is 0 Å². The Bertz CT molecular complexity index is 384. The number of nitrogens with one attached hydrogen (secondary N) is 1. The van der Waals surface area contributed by atoms with E-state index in [1.165, 1.54) is 24.5 Å². The van der Waals surface area contributed by atoms with Gasteiger partial charge in [0.1, 0.15) is 6.04 Å². The van der Waals surface area contributed by atoms with Gasteiger partial charge in [0.25, 0.3) is 0 Å². The minimum atomic E-state index is -0.634. The maximum atomic E-state index is 11.4. The van der Waals surface area contributed by atoms with Crippen molar-refractivity contribution in [3.63, 3.8) is 0 Å². The van der Waals surface area contributed by atoms with Gasteiger partial charge in [-0.1, -0.05) is 6.07 Å². The number of ether oxygens (including phenoxy) is 1. The van der Waals surface area contributed by atoms with Crippen LogP contribution < -0.4 is 5.32 Å². The molecule has 1 aromatic heterocycles. The highest BCUT2D eigenvalue weighted by Crippen LogP contribution is 2.09. The molecule has 1 N–H and O–H groups in total. The fourth-order valence-corrected chi connectivity index (χ4v) is 1.66. The summed E-state index contributed by atoms with van der Waals surface area (Å²) < 4.78 is 4.49. The number of carbonyl (C=O) groups excluding carboxylic acids is 2. The number of thiophene rings is 1. The van der Waals surface area contributed by atoms with E-state index >= 15 is 0 Å². The molecular formula is C11H13NO3S. The third-order valence-corrected chi connectivity index (χ3v) is 2.69. The lowest BCUT2D eigenvalue weighted by Crippen LogP contribution is -2.38. The van der Waals surface area contributed by atoms with Crippen LogP contribution in [0.3, 0.4) is 0 Å². The topological polar surface area (TPSA) is 55.4 Å². The molecule has 1 amide bonds. The van der Waals surface area contributed by atoms with Gasteiger partial charge in [0, 0.05) is 11.0 Å². The molecule has 0 saturated carbocycles. The monoisotopic (exact) mass is 239 g/mol. The Balaban J connectivity index is 2.45. The Kier molecular flexibility index (Phi) is 4.72. The maximum Gasteiger partial charge on any atom is 0.328 e. The number of amides is 1. The molecule has 0 fully saturated rings. The van der Waals surface area contributed by atoms with Crippen molar-refractivity contribution in [2.24, 2.45) is 0 Å². The van der Waals surface area contributed by atoms with E-state index in [2.05, 4.69) is 10.1 Å². The van der Waals surface area contributed by atoms with Crippen LogP contribution in [-0.4, -0.2) is 25.0 Å². The molecule has 0 aliphatic rings. The normalized spacial score (nSPS) is 12.4. The first-order valence-corrected chi connectivity index (χ1v) is 5.61. The summed E-state index contributed by atoms with van der Waals surface area (Å²) in [5.74, 6) is -0.774. The fourth-order valence-electron chi connectivity index (χ4n) is 1.04. The summed E-state index contributed by atoms with van der Waals surface area (Å²) in [6.45, 7) is 1.57. The Morgan fingerprint density at radius 3 is 2.88 bits per heavy atom. The summed E-state index contributed by atoms with van der Waals surface area (Å²) in [5.41, 5.74) is 0. The molecule has 0 aromatic carbocycles. The van der Waals surface area contributed by atoms with Gasteiger partial charge < -0.3 is 10.1 Å². The van der Waals surface area contributed by atoms with E-state index in [4.69, 9.17) is 0 Å². The minimum absolute atomic E-state index is 0.314. The molecule has 0 saturated heterocycles. The third kappa shape index (κ3) is 3.86. The smallest absolute Gasteiger partial charge is 0.328 e. The van der Waals surface area contributed by atoms with Crippen LogP contribution in [0.15, 0.2) is 23.6 Å². The summed E-state index contributed by atoms with van der Waals surface area (Å²) in [7, 11) is 1.28. The predicted molar refractivity (Wildman–Crippen MR) is 63.0 cm³/mol. The molecule has 0 bridgehead atoms. The van der Waals surface area contributed by atoms with E-state index in [-0.39, 0.29) is 5.91 Å². The van der Waals surface area contributed by atoms with Crippen LogP contribution in [0.25, 0.3) is 6.08 Å². The molecule has 1 heterocycles. The lowest BCUT2D eigenvalue weighted by molar-refractivity contribution is -0.144. The van der Waals surface area contributed by atoms with Crippen molar-refractivity contribution >= 4 is 29.3 Å². The quantitative estimate of drug-likeness (QED) is 0.639. The van der Waals surface area contributed by atoms with Gasteiger partial charge in [-0.3, -0.25) is 4.79 Å². The van der Waals surface area contributed by atoms with Crippen LogP contribution >= 0.6 is 11.3 Å². The second-order valence-electron chi connectivity index (χ2n) is 3.10. The summed E-state index contributed by atoms with van der Waals surface area (Å²) in [6, 6.07) is 3.17. The first kappa shape index (κ1) is 12.4. The van der Waals surface area contributed by atoms with Gasteiger partial charge in [-0.15, -0.1) is 11.3 Å². The first-order chi connectivity index (χ1) is 7.63. The number of carbonyl (C=O) groups is 2. The highest BCUT2D eigenvalue weighted by Gasteiger charge is 2.13. The average Bonchev–Trinajstić information content (AvgIpc) is 2.78. The minimum Gasteiger partial charge on any atom is -0.467 e. The standard InChI is InChI=1S/C11H13NO3S/c1-8(11(14)15-2)12-10(13)6-5-9-4-3-7-16-9/h3-8H,1-2H3,(H,12,13). The fraction of sp³-hybridized carbons (Fsp3) is 0.273. The molecular weight excluding hydrogens is 226 g/mol. The van der Waals surface area contributed by atoms with E-state index in [1.807, 2.05) is 17.5 Å². The average molecular weight is 239 g/mol. The van der Waals surface area contributed by atoms with E-state index < -0.39 is 12.0 Å². The van der Waals surface area contributed by atoms with Crippen LogP contribution in [-0.2, 0) is 14.3 Å². The molecule has 0 spiro atoms. The Morgan fingerprint density at radius 2 is 2.31 bits per heavy atom. The zero-order chi connectivity index (χ0) is 12.0. The number of esters is 1. The van der Waals surface area contributed by atoms with Gasteiger partial charge in [-0.25, -0.2) is 4.79 Å². The van der Waals surface area contributed by atoms with Gasteiger partial charge in [0.15, 0.2) is 0 Å². The number of hydrogen-bond donors (Lipinski definition) is 1. The van der Waals surface area contributed by atoms with Gasteiger partial charge >= 0.3 is 5.97 Å². The van der Waals surface area contributed by atoms with Crippen molar-refractivity contribution in [1.29, 1.82) is 0 Å². The summed E-state index contributed by atoms with van der Waals surface area (Å²) in [4.78, 5) is 23.4. The second kappa shape index (κ2) is 6.07. The van der Waals surface area contributed by atoms with Gasteiger partial charge in [-0.05, 0) is 24.4 Å². The Labute approximate surface area is 97.9 Å². The summed E-state index contributed by atoms with van der Waals surface area (Å²) in [5, 5.41) is 4.42.